The Labute approximate surface area is 40.0 Å². The number of hydrogen-bond donors (Lipinski definition) is 0. The van der Waals surface area contributed by atoms with Crippen molar-refractivity contribution in [1.29, 1.82) is 0 Å². The van der Waals surface area contributed by atoms with E-state index in [4.69, 9.17) is 0 Å². The lowest BCUT2D eigenvalue weighted by Crippen LogP contribution is -1.95. The summed E-state index contributed by atoms with van der Waals surface area (Å²) >= 11 is 0. The van der Waals surface area contributed by atoms with Crippen molar-refractivity contribution in [3.05, 3.63) is 0 Å². The summed E-state index contributed by atoms with van der Waals surface area (Å²) in [6, 6.07) is 0. The molecule has 0 aromatic heterocycles. The average molecular weight is 107 g/mol. The standard InChI is InChI=1S/C4H5F2O/c5-4(6)1-3(4)2-7/h3H,1-2H2. The van der Waals surface area contributed by atoms with Crippen LogP contribution in [0.4, 0.5) is 8.78 Å². The van der Waals surface area contributed by atoms with E-state index in [0.717, 1.165) is 0 Å². The Hall–Kier alpha value is -0.180. The third kappa shape index (κ3) is 0.725. The zero-order chi connectivity index (χ0) is 5.49. The summed E-state index contributed by atoms with van der Waals surface area (Å²) in [5, 5.41) is 9.63. The average Bonchev–Trinajstić information content (AvgIpc) is 2.13. The third-order valence-electron chi connectivity index (χ3n) is 1.16. The van der Waals surface area contributed by atoms with E-state index in [9.17, 15) is 13.9 Å². The number of hydrogen-bond acceptors (Lipinski definition) is 0. The van der Waals surface area contributed by atoms with Crippen molar-refractivity contribution in [2.75, 3.05) is 6.61 Å². The van der Waals surface area contributed by atoms with Crippen molar-refractivity contribution in [1.82, 2.24) is 0 Å². The molecule has 0 heterocycles. The van der Waals surface area contributed by atoms with E-state index in [2.05, 4.69) is 0 Å². The highest BCUT2D eigenvalue weighted by molar-refractivity contribution is 4.93. The Bertz CT molecular complexity index is 81.8. The van der Waals surface area contributed by atoms with Crippen LogP contribution in [-0.4, -0.2) is 12.5 Å². The molecule has 1 aliphatic rings. The topological polar surface area (TPSA) is 19.9 Å². The van der Waals surface area contributed by atoms with Gasteiger partial charge in [-0.25, -0.2) is 13.9 Å². The molecular weight excluding hydrogens is 102 g/mol. The van der Waals surface area contributed by atoms with Crippen molar-refractivity contribution in [3.63, 3.8) is 0 Å². The quantitative estimate of drug-likeness (QED) is 0.477. The lowest BCUT2D eigenvalue weighted by atomic mass is 10.5. The predicted molar refractivity (Wildman–Crippen MR) is 18.6 cm³/mol. The normalized spacial score (nSPS) is 35.6. The second kappa shape index (κ2) is 1.15. The second-order valence-electron chi connectivity index (χ2n) is 1.83. The fraction of sp³-hybridized carbons (Fsp3) is 1.00. The first-order valence-electron chi connectivity index (χ1n) is 2.13. The highest BCUT2D eigenvalue weighted by Crippen LogP contribution is 2.47. The van der Waals surface area contributed by atoms with Gasteiger partial charge in [0.05, 0.1) is 12.5 Å². The third-order valence-corrected chi connectivity index (χ3v) is 1.16. The molecule has 0 aliphatic heterocycles. The van der Waals surface area contributed by atoms with Gasteiger partial charge in [-0.15, -0.1) is 0 Å². The van der Waals surface area contributed by atoms with Gasteiger partial charge < -0.3 is 0 Å². The Morgan fingerprint density at radius 3 is 2.14 bits per heavy atom. The van der Waals surface area contributed by atoms with Gasteiger partial charge in [-0.1, -0.05) is 0 Å². The summed E-state index contributed by atoms with van der Waals surface area (Å²) in [7, 11) is 0. The van der Waals surface area contributed by atoms with Crippen LogP contribution in [0.3, 0.4) is 0 Å². The Balaban J connectivity index is 2.30. The molecule has 1 radical (unpaired) electrons. The van der Waals surface area contributed by atoms with Crippen LogP contribution in [0.2, 0.25) is 0 Å². The Morgan fingerprint density at radius 1 is 1.71 bits per heavy atom. The summed E-state index contributed by atoms with van der Waals surface area (Å²) in [6.07, 6.45) is -0.184. The molecule has 1 rings (SSSR count). The molecule has 3 heteroatoms. The molecule has 1 unspecified atom stereocenters. The largest absolute Gasteiger partial charge is 0.254 e. The minimum absolute atomic E-state index is 0.184. The molecule has 1 nitrogen and oxygen atoms in total. The van der Waals surface area contributed by atoms with Crippen molar-refractivity contribution in [2.45, 2.75) is 12.3 Å². The highest BCUT2D eigenvalue weighted by atomic mass is 19.3. The van der Waals surface area contributed by atoms with Gasteiger partial charge in [-0.05, 0) is 0 Å². The van der Waals surface area contributed by atoms with Gasteiger partial charge in [-0.2, -0.15) is 0 Å². The van der Waals surface area contributed by atoms with Crippen LogP contribution >= 0.6 is 0 Å². The molecule has 1 atom stereocenters. The Kier molecular flexibility index (Phi) is 0.819. The maximum absolute atomic E-state index is 11.6. The predicted octanol–water partition coefficient (Wildman–Crippen LogP) is 1.07. The molecule has 1 aliphatic carbocycles. The molecule has 0 spiro atoms. The van der Waals surface area contributed by atoms with Crippen molar-refractivity contribution in [3.8, 4) is 0 Å². The van der Waals surface area contributed by atoms with E-state index < -0.39 is 18.4 Å². The van der Waals surface area contributed by atoms with Crippen LogP contribution in [-0.2, 0) is 5.11 Å². The van der Waals surface area contributed by atoms with Crippen LogP contribution in [0.1, 0.15) is 6.42 Å². The van der Waals surface area contributed by atoms with Crippen molar-refractivity contribution < 1.29 is 13.9 Å². The van der Waals surface area contributed by atoms with Crippen LogP contribution in [0, 0.1) is 5.92 Å². The van der Waals surface area contributed by atoms with Crippen LogP contribution in [0.15, 0.2) is 0 Å². The van der Waals surface area contributed by atoms with Crippen LogP contribution < -0.4 is 0 Å². The minimum Gasteiger partial charge on any atom is -0.236 e. The molecule has 0 saturated heterocycles. The summed E-state index contributed by atoms with van der Waals surface area (Å²) in [5.41, 5.74) is 0. The smallest absolute Gasteiger partial charge is 0.236 e. The molecule has 7 heavy (non-hydrogen) atoms. The fourth-order valence-electron chi connectivity index (χ4n) is 0.450. The van der Waals surface area contributed by atoms with E-state index in [0.29, 0.717) is 0 Å². The van der Waals surface area contributed by atoms with Gasteiger partial charge in [-0.3, -0.25) is 0 Å². The first kappa shape index (κ1) is 4.97. The van der Waals surface area contributed by atoms with E-state index in [1.54, 1.807) is 0 Å². The SMILES string of the molecule is [O]CC1CC1(F)F. The summed E-state index contributed by atoms with van der Waals surface area (Å²) in [6.45, 7) is -0.618. The molecule has 0 aromatic carbocycles. The van der Waals surface area contributed by atoms with E-state index in [1.165, 1.54) is 0 Å². The first-order valence-corrected chi connectivity index (χ1v) is 2.13. The highest BCUT2D eigenvalue weighted by Gasteiger charge is 2.56. The maximum atomic E-state index is 11.6. The number of alkyl halides is 2. The lowest BCUT2D eigenvalue weighted by molar-refractivity contribution is 0.0667. The molecule has 41 valence electrons. The Morgan fingerprint density at radius 2 is 2.14 bits per heavy atom. The maximum Gasteiger partial charge on any atom is 0.254 e. The minimum atomic E-state index is -2.60. The fourth-order valence-corrected chi connectivity index (χ4v) is 0.450. The molecule has 1 saturated carbocycles. The van der Waals surface area contributed by atoms with E-state index in [-0.39, 0.29) is 6.42 Å². The van der Waals surface area contributed by atoms with E-state index in [1.807, 2.05) is 0 Å². The molecular formula is C4H5F2O. The van der Waals surface area contributed by atoms with Gasteiger partial charge in [0.2, 0.25) is 0 Å². The number of halogens is 2. The van der Waals surface area contributed by atoms with Gasteiger partial charge in [0.15, 0.2) is 0 Å². The van der Waals surface area contributed by atoms with Gasteiger partial charge >= 0.3 is 0 Å². The van der Waals surface area contributed by atoms with Crippen molar-refractivity contribution in [2.24, 2.45) is 5.92 Å². The zero-order valence-corrected chi connectivity index (χ0v) is 3.66. The van der Waals surface area contributed by atoms with Crippen LogP contribution in [0.5, 0.6) is 0 Å². The van der Waals surface area contributed by atoms with Gasteiger partial charge in [0, 0.05) is 6.42 Å². The van der Waals surface area contributed by atoms with Crippen molar-refractivity contribution >= 4 is 0 Å². The van der Waals surface area contributed by atoms with Crippen LogP contribution in [0.25, 0.3) is 0 Å². The molecule has 1 fully saturated rings. The number of rotatable bonds is 1. The summed E-state index contributed by atoms with van der Waals surface area (Å²) in [4.78, 5) is 0. The zero-order valence-electron chi connectivity index (χ0n) is 3.66. The summed E-state index contributed by atoms with van der Waals surface area (Å²) in [5.74, 6) is -3.44. The van der Waals surface area contributed by atoms with Gasteiger partial charge in [0.25, 0.3) is 5.92 Å². The molecule has 0 amide bonds. The first-order chi connectivity index (χ1) is 3.17. The lowest BCUT2D eigenvalue weighted by Gasteiger charge is -1.85. The second-order valence-corrected chi connectivity index (χ2v) is 1.83. The molecule has 0 N–H and O–H groups in total. The summed E-state index contributed by atoms with van der Waals surface area (Å²) < 4.78 is 23.2. The van der Waals surface area contributed by atoms with E-state index >= 15 is 0 Å². The monoisotopic (exact) mass is 107 g/mol. The molecule has 0 bridgehead atoms. The molecule has 0 aromatic rings. The van der Waals surface area contributed by atoms with Gasteiger partial charge in [0.1, 0.15) is 0 Å².